The maximum Gasteiger partial charge on any atom is 0.223 e. The number of aromatic nitrogens is 1. The van der Waals surface area contributed by atoms with Crippen molar-refractivity contribution in [2.24, 2.45) is 0 Å². The van der Waals surface area contributed by atoms with Crippen molar-refractivity contribution in [1.82, 2.24) is 9.88 Å². The first-order valence-corrected chi connectivity index (χ1v) is 9.09. The molecule has 1 unspecified atom stereocenters. The Labute approximate surface area is 164 Å². The number of aromatic hydroxyl groups is 1. The average Bonchev–Trinajstić information content (AvgIpc) is 2.66. The van der Waals surface area contributed by atoms with Crippen LogP contribution in [-0.4, -0.2) is 27.9 Å². The van der Waals surface area contributed by atoms with Gasteiger partial charge in [0, 0.05) is 30.6 Å². The van der Waals surface area contributed by atoms with E-state index in [4.69, 9.17) is 11.6 Å². The number of hydrogen-bond donors (Lipinski definition) is 1. The van der Waals surface area contributed by atoms with Crippen LogP contribution in [-0.2, 0) is 11.3 Å². The van der Waals surface area contributed by atoms with Gasteiger partial charge in [0.15, 0.2) is 0 Å². The van der Waals surface area contributed by atoms with Crippen molar-refractivity contribution in [2.75, 3.05) is 7.05 Å². The van der Waals surface area contributed by atoms with Gasteiger partial charge in [0.25, 0.3) is 0 Å². The Morgan fingerprint density at radius 2 is 1.81 bits per heavy atom. The Morgan fingerprint density at radius 3 is 2.48 bits per heavy atom. The number of pyridine rings is 1. The van der Waals surface area contributed by atoms with Crippen LogP contribution in [0, 0.1) is 0 Å². The minimum atomic E-state index is -0.200. The lowest BCUT2D eigenvalue weighted by atomic mass is 9.88. The van der Waals surface area contributed by atoms with Gasteiger partial charge in [-0.15, -0.1) is 0 Å². The fraction of sp³-hybridized carbons (Fsp3) is 0.182. The molecule has 0 aliphatic carbocycles. The molecular weight excluding hydrogens is 360 g/mol. The van der Waals surface area contributed by atoms with E-state index in [1.807, 2.05) is 42.5 Å². The van der Waals surface area contributed by atoms with Gasteiger partial charge in [-0.2, -0.15) is 0 Å². The smallest absolute Gasteiger partial charge is 0.223 e. The van der Waals surface area contributed by atoms with Crippen molar-refractivity contribution in [3.05, 3.63) is 94.8 Å². The van der Waals surface area contributed by atoms with Crippen LogP contribution in [0.15, 0.2) is 72.9 Å². The molecule has 3 rings (SSSR count). The Bertz CT molecular complexity index is 869. The fourth-order valence-electron chi connectivity index (χ4n) is 3.05. The Hall–Kier alpha value is -2.85. The van der Waals surface area contributed by atoms with Crippen molar-refractivity contribution in [3.63, 3.8) is 0 Å². The monoisotopic (exact) mass is 380 g/mol. The quantitative estimate of drug-likeness (QED) is 0.678. The zero-order chi connectivity index (χ0) is 19.2. The van der Waals surface area contributed by atoms with E-state index in [1.165, 1.54) is 0 Å². The molecule has 138 valence electrons. The summed E-state index contributed by atoms with van der Waals surface area (Å²) < 4.78 is 0. The first-order chi connectivity index (χ1) is 13.0. The molecule has 1 heterocycles. The molecule has 0 aliphatic heterocycles. The lowest BCUT2D eigenvalue weighted by molar-refractivity contribution is -0.130. The van der Waals surface area contributed by atoms with Gasteiger partial charge in [-0.1, -0.05) is 41.9 Å². The predicted molar refractivity (Wildman–Crippen MR) is 107 cm³/mol. The normalized spacial score (nSPS) is 11.8. The van der Waals surface area contributed by atoms with Crippen LogP contribution >= 0.6 is 11.6 Å². The number of phenolic OH excluding ortho intramolecular Hbond substituents is 1. The van der Waals surface area contributed by atoms with Gasteiger partial charge in [-0.3, -0.25) is 9.78 Å². The summed E-state index contributed by atoms with van der Waals surface area (Å²) in [6, 6.07) is 20.1. The summed E-state index contributed by atoms with van der Waals surface area (Å²) in [5, 5.41) is 10.5. The number of nitrogens with zero attached hydrogens (tertiary/aromatic N) is 2. The molecule has 27 heavy (non-hydrogen) atoms. The maximum atomic E-state index is 12.9. The minimum Gasteiger partial charge on any atom is -0.508 e. The lowest BCUT2D eigenvalue weighted by Gasteiger charge is -2.22. The number of benzene rings is 2. The number of rotatable bonds is 6. The highest BCUT2D eigenvalue weighted by molar-refractivity contribution is 6.30. The molecule has 0 bridgehead atoms. The second-order valence-corrected chi connectivity index (χ2v) is 6.91. The second-order valence-electron chi connectivity index (χ2n) is 6.48. The minimum absolute atomic E-state index is 0.00558. The van der Waals surface area contributed by atoms with Crippen LogP contribution < -0.4 is 0 Å². The lowest BCUT2D eigenvalue weighted by Crippen LogP contribution is -2.28. The van der Waals surface area contributed by atoms with E-state index < -0.39 is 0 Å². The molecule has 1 amide bonds. The van der Waals surface area contributed by atoms with Gasteiger partial charge in [0.1, 0.15) is 5.75 Å². The first-order valence-electron chi connectivity index (χ1n) is 8.71. The summed E-state index contributed by atoms with van der Waals surface area (Å²) in [7, 11) is 1.77. The molecule has 1 atom stereocenters. The third kappa shape index (κ3) is 5.08. The van der Waals surface area contributed by atoms with E-state index in [-0.39, 0.29) is 24.0 Å². The number of halogens is 1. The van der Waals surface area contributed by atoms with Crippen LogP contribution in [0.1, 0.15) is 29.2 Å². The molecule has 1 N–H and O–H groups in total. The molecule has 0 radical (unpaired) electrons. The number of amides is 1. The van der Waals surface area contributed by atoms with Crippen LogP contribution in [0.2, 0.25) is 5.02 Å². The Kier molecular flexibility index (Phi) is 6.09. The summed E-state index contributed by atoms with van der Waals surface area (Å²) in [6.45, 7) is 0.446. The molecule has 2 aromatic carbocycles. The van der Waals surface area contributed by atoms with Gasteiger partial charge in [0.2, 0.25) is 5.91 Å². The highest BCUT2D eigenvalue weighted by Crippen LogP contribution is 2.32. The number of carbonyl (C=O) groups is 1. The molecule has 4 nitrogen and oxygen atoms in total. The van der Waals surface area contributed by atoms with E-state index in [2.05, 4.69) is 4.98 Å². The third-order valence-electron chi connectivity index (χ3n) is 4.45. The summed E-state index contributed by atoms with van der Waals surface area (Å²) in [4.78, 5) is 18.8. The summed E-state index contributed by atoms with van der Waals surface area (Å²) in [5.41, 5.74) is 2.65. The van der Waals surface area contributed by atoms with Gasteiger partial charge in [-0.25, -0.2) is 0 Å². The molecule has 0 fully saturated rings. The summed E-state index contributed by atoms with van der Waals surface area (Å²) in [5.74, 6) is -0.0303. The number of phenols is 1. The molecule has 1 aromatic heterocycles. The topological polar surface area (TPSA) is 53.4 Å². The second kappa shape index (κ2) is 8.69. The van der Waals surface area contributed by atoms with Crippen LogP contribution in [0.25, 0.3) is 0 Å². The SMILES string of the molecule is CN(Cc1ccccn1)C(=O)CC(c1cccc(O)c1)c1cccc(Cl)c1. The van der Waals surface area contributed by atoms with Gasteiger partial charge >= 0.3 is 0 Å². The van der Waals surface area contributed by atoms with Crippen molar-refractivity contribution in [2.45, 2.75) is 18.9 Å². The standard InChI is InChI=1S/C22H21ClN2O2/c1-25(15-19-9-2-3-11-24-19)22(27)14-21(16-6-4-8-18(23)12-16)17-7-5-10-20(26)13-17/h2-13,21,26H,14-15H2,1H3. The van der Waals surface area contributed by atoms with Crippen LogP contribution in [0.5, 0.6) is 5.75 Å². The summed E-state index contributed by atoms with van der Waals surface area (Å²) >= 11 is 6.16. The highest BCUT2D eigenvalue weighted by atomic mass is 35.5. The molecule has 0 spiro atoms. The third-order valence-corrected chi connectivity index (χ3v) is 4.69. The largest absolute Gasteiger partial charge is 0.508 e. The van der Waals surface area contributed by atoms with Crippen molar-refractivity contribution in [3.8, 4) is 5.75 Å². The van der Waals surface area contributed by atoms with Crippen molar-refractivity contribution in [1.29, 1.82) is 0 Å². The van der Waals surface area contributed by atoms with E-state index >= 15 is 0 Å². The first kappa shape index (κ1) is 18.9. The average molecular weight is 381 g/mol. The van der Waals surface area contributed by atoms with E-state index in [0.717, 1.165) is 16.8 Å². The van der Waals surface area contributed by atoms with Gasteiger partial charge < -0.3 is 10.0 Å². The zero-order valence-corrected chi connectivity index (χ0v) is 15.8. The van der Waals surface area contributed by atoms with E-state index in [9.17, 15) is 9.90 Å². The Morgan fingerprint density at radius 1 is 1.07 bits per heavy atom. The predicted octanol–water partition coefficient (Wildman–Crippen LogP) is 4.62. The van der Waals surface area contributed by atoms with Crippen LogP contribution in [0.4, 0.5) is 0 Å². The molecule has 0 saturated carbocycles. The molecule has 5 heteroatoms. The van der Waals surface area contributed by atoms with E-state index in [0.29, 0.717) is 11.6 Å². The van der Waals surface area contributed by atoms with Crippen LogP contribution in [0.3, 0.4) is 0 Å². The fourth-order valence-corrected chi connectivity index (χ4v) is 3.25. The van der Waals surface area contributed by atoms with Crippen molar-refractivity contribution >= 4 is 17.5 Å². The maximum absolute atomic E-state index is 12.9. The summed E-state index contributed by atoms with van der Waals surface area (Å²) in [6.07, 6.45) is 1.99. The Balaban J connectivity index is 1.83. The molecular formula is C22H21ClN2O2. The molecule has 3 aromatic rings. The van der Waals surface area contributed by atoms with E-state index in [1.54, 1.807) is 42.4 Å². The van der Waals surface area contributed by atoms with Gasteiger partial charge in [-0.05, 0) is 47.5 Å². The number of hydrogen-bond acceptors (Lipinski definition) is 3. The molecule has 0 saturated heterocycles. The highest BCUT2D eigenvalue weighted by Gasteiger charge is 2.21. The van der Waals surface area contributed by atoms with Gasteiger partial charge in [0.05, 0.1) is 12.2 Å². The van der Waals surface area contributed by atoms with Crippen molar-refractivity contribution < 1.29 is 9.90 Å². The number of carbonyl (C=O) groups excluding carboxylic acids is 1. The zero-order valence-electron chi connectivity index (χ0n) is 15.0. The molecule has 0 aliphatic rings.